The Morgan fingerprint density at radius 3 is 2.88 bits per heavy atom. The van der Waals surface area contributed by atoms with Crippen molar-refractivity contribution in [1.82, 2.24) is 4.90 Å². The average molecular weight is 349 g/mol. The molecule has 1 N–H and O–H groups in total. The second-order valence-electron chi connectivity index (χ2n) is 5.69. The topological polar surface area (TPSA) is 23.5 Å². The van der Waals surface area contributed by atoms with Crippen LogP contribution in [0.4, 0.5) is 0 Å². The number of hydrogen-bond acceptors (Lipinski definition) is 2. The van der Waals surface area contributed by atoms with Gasteiger partial charge >= 0.3 is 0 Å². The highest BCUT2D eigenvalue weighted by atomic mass is 127. The Morgan fingerprint density at radius 1 is 1.35 bits per heavy atom. The lowest BCUT2D eigenvalue weighted by Gasteiger charge is -2.28. The van der Waals surface area contributed by atoms with E-state index in [2.05, 4.69) is 40.6 Å². The third kappa shape index (κ3) is 4.21. The lowest BCUT2D eigenvalue weighted by molar-refractivity contribution is 0.153. The Morgan fingerprint density at radius 2 is 2.18 bits per heavy atom. The summed E-state index contributed by atoms with van der Waals surface area (Å²) in [7, 11) is 2.24. The van der Waals surface area contributed by atoms with Gasteiger partial charge in [0.1, 0.15) is 0 Å². The molecular formula is C14H24INO. The van der Waals surface area contributed by atoms with E-state index in [0.717, 1.165) is 18.8 Å². The smallest absolute Gasteiger partial charge is 0.0555 e. The van der Waals surface area contributed by atoms with Gasteiger partial charge in [0, 0.05) is 12.6 Å². The van der Waals surface area contributed by atoms with E-state index in [1.807, 2.05) is 0 Å². The predicted octanol–water partition coefficient (Wildman–Crippen LogP) is 3.34. The van der Waals surface area contributed by atoms with Gasteiger partial charge in [-0.25, -0.2) is 0 Å². The van der Waals surface area contributed by atoms with Crippen LogP contribution in [-0.4, -0.2) is 35.7 Å². The highest BCUT2D eigenvalue weighted by molar-refractivity contribution is 14.1. The molecule has 1 unspecified atom stereocenters. The van der Waals surface area contributed by atoms with Crippen molar-refractivity contribution >= 4 is 22.6 Å². The Bertz CT molecular complexity index is 279. The van der Waals surface area contributed by atoms with Crippen molar-refractivity contribution in [3.05, 3.63) is 9.66 Å². The number of rotatable bonds is 3. The minimum absolute atomic E-state index is 0.0424. The highest BCUT2D eigenvalue weighted by Gasteiger charge is 2.27. The van der Waals surface area contributed by atoms with Gasteiger partial charge in [0.15, 0.2) is 0 Å². The molecule has 98 valence electrons. The third-order valence-corrected chi connectivity index (χ3v) is 5.26. The van der Waals surface area contributed by atoms with Crippen LogP contribution in [0.3, 0.4) is 0 Å². The van der Waals surface area contributed by atoms with Crippen LogP contribution in [0.1, 0.15) is 44.9 Å². The number of allylic oxidation sites excluding steroid dienone is 2. The second kappa shape index (κ2) is 6.53. The first-order valence-corrected chi connectivity index (χ1v) is 7.96. The van der Waals surface area contributed by atoms with E-state index < -0.39 is 0 Å². The van der Waals surface area contributed by atoms with Crippen molar-refractivity contribution in [3.8, 4) is 0 Å². The molecule has 0 aromatic rings. The highest BCUT2D eigenvalue weighted by Crippen LogP contribution is 2.29. The molecule has 0 aromatic heterocycles. The first kappa shape index (κ1) is 13.8. The van der Waals surface area contributed by atoms with Crippen molar-refractivity contribution in [2.75, 3.05) is 13.6 Å². The molecule has 3 heteroatoms. The van der Waals surface area contributed by atoms with Crippen molar-refractivity contribution in [2.45, 2.75) is 57.1 Å². The van der Waals surface area contributed by atoms with E-state index in [1.54, 1.807) is 3.58 Å². The van der Waals surface area contributed by atoms with Crippen LogP contribution in [0, 0.1) is 5.92 Å². The normalized spacial score (nSPS) is 34.8. The zero-order chi connectivity index (χ0) is 12.3. The van der Waals surface area contributed by atoms with Gasteiger partial charge in [0.05, 0.1) is 6.10 Å². The van der Waals surface area contributed by atoms with Crippen molar-refractivity contribution in [1.29, 1.82) is 0 Å². The van der Waals surface area contributed by atoms with Gasteiger partial charge in [-0.1, -0.05) is 6.08 Å². The Kier molecular flexibility index (Phi) is 5.30. The summed E-state index contributed by atoms with van der Waals surface area (Å²) in [6, 6.07) is 0.625. The second-order valence-corrected chi connectivity index (χ2v) is 7.08. The standard InChI is InChI=1S/C14H24INO/c1-16(13-7-8-14(17)9-13)10-11-3-2-4-12(15)6-5-11/h4,11,13-14,17H,2-3,5-10H2,1H3/t11?,13-,14-/m1/s1. The number of nitrogens with zero attached hydrogens (tertiary/aromatic N) is 1. The molecule has 1 fully saturated rings. The minimum Gasteiger partial charge on any atom is -0.393 e. The number of aliphatic hydroxyl groups excluding tert-OH is 1. The number of aliphatic hydroxyl groups is 1. The lowest BCUT2D eigenvalue weighted by atomic mass is 9.98. The van der Waals surface area contributed by atoms with Crippen LogP contribution in [0.25, 0.3) is 0 Å². The van der Waals surface area contributed by atoms with E-state index in [0.29, 0.717) is 6.04 Å². The molecule has 0 saturated heterocycles. The fourth-order valence-electron chi connectivity index (χ4n) is 3.14. The van der Waals surface area contributed by atoms with Crippen molar-refractivity contribution < 1.29 is 5.11 Å². The van der Waals surface area contributed by atoms with Gasteiger partial charge in [-0.3, -0.25) is 0 Å². The molecule has 0 radical (unpaired) electrons. The predicted molar refractivity (Wildman–Crippen MR) is 80.3 cm³/mol. The molecule has 2 aliphatic rings. The molecule has 0 amide bonds. The zero-order valence-electron chi connectivity index (χ0n) is 10.7. The summed E-state index contributed by atoms with van der Waals surface area (Å²) >= 11 is 2.48. The monoisotopic (exact) mass is 349 g/mol. The fourth-order valence-corrected chi connectivity index (χ4v) is 3.76. The number of hydrogen-bond donors (Lipinski definition) is 1. The molecule has 2 rings (SSSR count). The number of halogens is 1. The van der Waals surface area contributed by atoms with E-state index in [1.165, 1.54) is 38.6 Å². The van der Waals surface area contributed by atoms with E-state index in [9.17, 15) is 5.11 Å². The molecule has 17 heavy (non-hydrogen) atoms. The quantitative estimate of drug-likeness (QED) is 0.790. The summed E-state index contributed by atoms with van der Waals surface area (Å²) in [5.41, 5.74) is 0. The van der Waals surface area contributed by atoms with Gasteiger partial charge in [-0.15, -0.1) is 0 Å². The summed E-state index contributed by atoms with van der Waals surface area (Å²) in [5, 5.41) is 9.60. The largest absolute Gasteiger partial charge is 0.393 e. The molecule has 0 spiro atoms. The maximum Gasteiger partial charge on any atom is 0.0555 e. The fraction of sp³-hybridized carbons (Fsp3) is 0.857. The molecule has 2 aliphatic carbocycles. The van der Waals surface area contributed by atoms with Gasteiger partial charge in [-0.05, 0) is 84.1 Å². The SMILES string of the molecule is CN(CC1CCC=C(I)CC1)[C@@H]1CC[C@@H](O)C1. The molecule has 2 nitrogen and oxygen atoms in total. The van der Waals surface area contributed by atoms with Crippen LogP contribution in [0.5, 0.6) is 0 Å². The molecular weight excluding hydrogens is 325 g/mol. The van der Waals surface area contributed by atoms with Gasteiger partial charge < -0.3 is 10.0 Å². The molecule has 3 atom stereocenters. The minimum atomic E-state index is -0.0424. The Labute approximate surface area is 119 Å². The summed E-state index contributed by atoms with van der Waals surface area (Å²) in [6.45, 7) is 1.22. The Hall–Kier alpha value is 0.390. The van der Waals surface area contributed by atoms with Crippen LogP contribution in [0.15, 0.2) is 9.66 Å². The molecule has 0 aliphatic heterocycles. The first-order chi connectivity index (χ1) is 8.15. The summed E-state index contributed by atoms with van der Waals surface area (Å²) in [6.07, 6.45) is 10.7. The first-order valence-electron chi connectivity index (χ1n) is 6.88. The van der Waals surface area contributed by atoms with Crippen LogP contribution < -0.4 is 0 Å². The lowest BCUT2D eigenvalue weighted by Crippen LogP contribution is -2.34. The van der Waals surface area contributed by atoms with E-state index >= 15 is 0 Å². The summed E-state index contributed by atoms with van der Waals surface area (Å²) in [4.78, 5) is 2.50. The molecule has 0 aromatic carbocycles. The van der Waals surface area contributed by atoms with Gasteiger partial charge in [-0.2, -0.15) is 0 Å². The van der Waals surface area contributed by atoms with Crippen molar-refractivity contribution in [3.63, 3.8) is 0 Å². The maximum absolute atomic E-state index is 9.60. The van der Waals surface area contributed by atoms with Crippen molar-refractivity contribution in [2.24, 2.45) is 5.92 Å². The Balaban J connectivity index is 1.77. The maximum atomic E-state index is 9.60. The summed E-state index contributed by atoms with van der Waals surface area (Å²) < 4.78 is 1.55. The molecule has 0 heterocycles. The zero-order valence-corrected chi connectivity index (χ0v) is 12.9. The van der Waals surface area contributed by atoms with Crippen LogP contribution >= 0.6 is 22.6 Å². The summed E-state index contributed by atoms with van der Waals surface area (Å²) in [5.74, 6) is 0.848. The van der Waals surface area contributed by atoms with E-state index in [4.69, 9.17) is 0 Å². The van der Waals surface area contributed by atoms with Crippen LogP contribution in [-0.2, 0) is 0 Å². The average Bonchev–Trinajstić information content (AvgIpc) is 2.62. The van der Waals surface area contributed by atoms with Crippen LogP contribution in [0.2, 0.25) is 0 Å². The molecule has 1 saturated carbocycles. The van der Waals surface area contributed by atoms with Gasteiger partial charge in [0.2, 0.25) is 0 Å². The third-order valence-electron chi connectivity index (χ3n) is 4.28. The molecule has 0 bridgehead atoms. The van der Waals surface area contributed by atoms with Gasteiger partial charge in [0.25, 0.3) is 0 Å². The van der Waals surface area contributed by atoms with E-state index in [-0.39, 0.29) is 6.10 Å².